The van der Waals surface area contributed by atoms with E-state index in [1.165, 1.54) is 19.3 Å². The molecule has 1 atom stereocenters. The number of amides is 1. The van der Waals surface area contributed by atoms with Crippen LogP contribution in [0.5, 0.6) is 0 Å². The molecule has 3 heterocycles. The highest BCUT2D eigenvalue weighted by Crippen LogP contribution is 2.25. The summed E-state index contributed by atoms with van der Waals surface area (Å²) in [6.45, 7) is 9.75. The van der Waals surface area contributed by atoms with Crippen molar-refractivity contribution in [2.75, 3.05) is 56.4 Å². The molecule has 2 aromatic heterocycles. The Kier molecular flexibility index (Phi) is 14.4. The fourth-order valence-electron chi connectivity index (χ4n) is 5.63. The van der Waals surface area contributed by atoms with Gasteiger partial charge in [-0.25, -0.2) is 4.98 Å². The lowest BCUT2D eigenvalue weighted by atomic mass is 10.0. The number of anilines is 2. The number of rotatable bonds is 21. The minimum atomic E-state index is -0.978. The van der Waals surface area contributed by atoms with Crippen LogP contribution < -0.4 is 26.6 Å². The monoisotopic (exact) mass is 637 g/mol. The predicted octanol–water partition coefficient (Wildman–Crippen LogP) is 2.45. The molecule has 1 saturated heterocycles. The van der Waals surface area contributed by atoms with Gasteiger partial charge in [0.25, 0.3) is 0 Å². The van der Waals surface area contributed by atoms with Crippen molar-refractivity contribution in [1.29, 1.82) is 0 Å². The number of nitrogens with one attached hydrogen (secondary N) is 5. The Balaban J connectivity index is 1.20. The van der Waals surface area contributed by atoms with Crippen molar-refractivity contribution in [3.63, 3.8) is 0 Å². The lowest BCUT2D eigenvalue weighted by Crippen LogP contribution is -2.46. The molecule has 14 heteroatoms. The maximum absolute atomic E-state index is 12.4. The number of carbonyl (C=O) groups excluding carboxylic acids is 1. The van der Waals surface area contributed by atoms with Crippen LogP contribution in [0.4, 0.5) is 11.8 Å². The molecule has 1 aromatic carbocycles. The van der Waals surface area contributed by atoms with Crippen molar-refractivity contribution in [3.8, 4) is 0 Å². The number of nitrogens with zero attached hydrogens (tertiary/aromatic N) is 6. The molecular formula is C32H51N11O3. The van der Waals surface area contributed by atoms with Gasteiger partial charge in [-0.3, -0.25) is 19.6 Å². The first-order chi connectivity index (χ1) is 22.4. The minimum absolute atomic E-state index is 0.0257. The summed E-state index contributed by atoms with van der Waals surface area (Å²) in [6, 6.07) is 8.68. The Labute approximate surface area is 271 Å². The number of aromatic nitrogens is 5. The van der Waals surface area contributed by atoms with Gasteiger partial charge < -0.3 is 31.3 Å². The second kappa shape index (κ2) is 18.9. The average molecular weight is 638 g/mol. The number of carboxylic acid groups (broad SMARTS) is 1. The van der Waals surface area contributed by atoms with Gasteiger partial charge in [0.05, 0.1) is 31.3 Å². The summed E-state index contributed by atoms with van der Waals surface area (Å²) in [5.41, 5.74) is 1.65. The van der Waals surface area contributed by atoms with Crippen LogP contribution in [0.1, 0.15) is 64.5 Å². The van der Waals surface area contributed by atoms with Gasteiger partial charge >= 0.3 is 5.97 Å². The van der Waals surface area contributed by atoms with Gasteiger partial charge in [-0.05, 0) is 70.3 Å². The summed E-state index contributed by atoms with van der Waals surface area (Å²) >= 11 is 0. The fourth-order valence-corrected chi connectivity index (χ4v) is 5.63. The average Bonchev–Trinajstić information content (AvgIpc) is 3.52. The van der Waals surface area contributed by atoms with Crippen LogP contribution in [0.15, 0.2) is 30.5 Å². The third-order valence-corrected chi connectivity index (χ3v) is 8.19. The molecule has 1 aliphatic rings. The Morgan fingerprint density at radius 2 is 1.83 bits per heavy atom. The lowest BCUT2D eigenvalue weighted by Gasteiger charge is -2.33. The largest absolute Gasteiger partial charge is 0.480 e. The molecule has 0 bridgehead atoms. The molecule has 0 spiro atoms. The summed E-state index contributed by atoms with van der Waals surface area (Å²) in [5.74, 6) is 0.193. The molecule has 0 radical (unpaired) electrons. The quantitative estimate of drug-likeness (QED) is 0.0943. The van der Waals surface area contributed by atoms with E-state index in [-0.39, 0.29) is 25.0 Å². The van der Waals surface area contributed by atoms with E-state index in [0.717, 1.165) is 74.3 Å². The fraction of sp³-hybridized carbons (Fsp3) is 0.625. The molecule has 46 heavy (non-hydrogen) atoms. The zero-order valence-corrected chi connectivity index (χ0v) is 27.3. The Morgan fingerprint density at radius 3 is 2.61 bits per heavy atom. The van der Waals surface area contributed by atoms with Crippen LogP contribution in [0.25, 0.3) is 10.9 Å². The molecule has 252 valence electrons. The molecule has 6 N–H and O–H groups in total. The first-order valence-corrected chi connectivity index (χ1v) is 16.8. The Hall–Kier alpha value is -3.88. The van der Waals surface area contributed by atoms with Crippen LogP contribution in [-0.2, 0) is 22.7 Å². The third kappa shape index (κ3) is 11.5. The van der Waals surface area contributed by atoms with Crippen molar-refractivity contribution in [2.45, 2.75) is 84.0 Å². The first-order valence-electron chi connectivity index (χ1n) is 16.8. The topological polar surface area (TPSA) is 174 Å². The Morgan fingerprint density at radius 1 is 1.02 bits per heavy atom. The second-order valence-corrected chi connectivity index (χ2v) is 11.8. The van der Waals surface area contributed by atoms with E-state index < -0.39 is 5.97 Å². The molecule has 1 aliphatic heterocycles. The highest BCUT2D eigenvalue weighted by Gasteiger charge is 2.23. The predicted molar refractivity (Wildman–Crippen MR) is 180 cm³/mol. The zero-order valence-electron chi connectivity index (χ0n) is 27.3. The zero-order chi connectivity index (χ0) is 32.6. The summed E-state index contributed by atoms with van der Waals surface area (Å²) in [6.07, 6.45) is 9.26. The van der Waals surface area contributed by atoms with Crippen LogP contribution in [-0.4, -0.2) is 105 Å². The van der Waals surface area contributed by atoms with E-state index in [0.29, 0.717) is 31.6 Å². The van der Waals surface area contributed by atoms with Gasteiger partial charge in [-0.2, -0.15) is 4.98 Å². The highest BCUT2D eigenvalue weighted by atomic mass is 16.4. The standard InChI is InChI=1S/C32H51N11O3/c1-3-9-24(4-2)35-16-7-14-33-15-8-17-43-23-26(40-41-43)20-36-32-38-28-11-6-5-10-27(28)31(39-32)37-25-12-18-42(19-13-25)29(44)21-34-22-30(45)46/h5-6,10-11,23-25,33-35H,3-4,7-9,12-22H2,1-2H3,(H,45,46)(H2,36,37,38,39). The number of piperidine rings is 1. The number of carboxylic acids is 1. The Bertz CT molecular complexity index is 1360. The second-order valence-electron chi connectivity index (χ2n) is 11.8. The number of hydrogen-bond acceptors (Lipinski definition) is 11. The van der Waals surface area contributed by atoms with Crippen molar-refractivity contribution in [3.05, 3.63) is 36.2 Å². The van der Waals surface area contributed by atoms with Gasteiger partial charge in [0.2, 0.25) is 11.9 Å². The molecule has 0 aliphatic carbocycles. The van der Waals surface area contributed by atoms with E-state index >= 15 is 0 Å². The van der Waals surface area contributed by atoms with E-state index in [1.807, 2.05) is 35.1 Å². The van der Waals surface area contributed by atoms with E-state index in [1.54, 1.807) is 4.90 Å². The molecule has 1 unspecified atom stereocenters. The number of para-hydroxylation sites is 1. The molecule has 1 amide bonds. The van der Waals surface area contributed by atoms with Crippen molar-refractivity contribution in [1.82, 2.24) is 45.8 Å². The molecule has 1 fully saturated rings. The van der Waals surface area contributed by atoms with Gasteiger partial charge in [0, 0.05) is 37.1 Å². The van der Waals surface area contributed by atoms with Crippen molar-refractivity contribution < 1.29 is 14.7 Å². The van der Waals surface area contributed by atoms with Crippen LogP contribution in [0.3, 0.4) is 0 Å². The van der Waals surface area contributed by atoms with E-state index in [4.69, 9.17) is 15.1 Å². The first kappa shape index (κ1) is 35.0. The molecule has 14 nitrogen and oxygen atoms in total. The maximum Gasteiger partial charge on any atom is 0.317 e. The molecular weight excluding hydrogens is 586 g/mol. The SMILES string of the molecule is CCCC(CC)NCCCNCCCn1cc(CNc2nc(NC3CCN(C(=O)CNCC(=O)O)CC3)c3ccccc3n2)nn1. The number of hydrogen-bond donors (Lipinski definition) is 6. The summed E-state index contributed by atoms with van der Waals surface area (Å²) in [5, 5.41) is 35.0. The van der Waals surface area contributed by atoms with Crippen LogP contribution in [0, 0.1) is 0 Å². The van der Waals surface area contributed by atoms with Gasteiger partial charge in [-0.1, -0.05) is 37.6 Å². The van der Waals surface area contributed by atoms with Crippen LogP contribution >= 0.6 is 0 Å². The van der Waals surface area contributed by atoms with Crippen LogP contribution in [0.2, 0.25) is 0 Å². The molecule has 3 aromatic rings. The lowest BCUT2D eigenvalue weighted by molar-refractivity contribution is -0.136. The number of benzene rings is 1. The smallest absolute Gasteiger partial charge is 0.317 e. The van der Waals surface area contributed by atoms with E-state index in [9.17, 15) is 9.59 Å². The summed E-state index contributed by atoms with van der Waals surface area (Å²) in [7, 11) is 0. The van der Waals surface area contributed by atoms with Gasteiger partial charge in [-0.15, -0.1) is 5.10 Å². The number of aryl methyl sites for hydroxylation is 1. The normalized spacial score (nSPS) is 14.4. The summed E-state index contributed by atoms with van der Waals surface area (Å²) < 4.78 is 1.88. The highest BCUT2D eigenvalue weighted by molar-refractivity contribution is 5.90. The van der Waals surface area contributed by atoms with Crippen molar-refractivity contribution in [2.24, 2.45) is 0 Å². The third-order valence-electron chi connectivity index (χ3n) is 8.19. The van der Waals surface area contributed by atoms with E-state index in [2.05, 4.69) is 50.7 Å². The molecule has 4 rings (SSSR count). The maximum atomic E-state index is 12.4. The number of likely N-dealkylation sites (tertiary alicyclic amines) is 1. The minimum Gasteiger partial charge on any atom is -0.480 e. The number of fused-ring (bicyclic) bond motifs is 1. The summed E-state index contributed by atoms with van der Waals surface area (Å²) in [4.78, 5) is 34.4. The van der Waals surface area contributed by atoms with Gasteiger partial charge in [0.15, 0.2) is 0 Å². The van der Waals surface area contributed by atoms with Crippen molar-refractivity contribution >= 4 is 34.5 Å². The van der Waals surface area contributed by atoms with Gasteiger partial charge in [0.1, 0.15) is 11.5 Å². The number of aliphatic carboxylic acids is 1. The number of carbonyl (C=O) groups is 2. The molecule has 0 saturated carbocycles.